The molecule has 0 bridgehead atoms. The van der Waals surface area contributed by atoms with Crippen LogP contribution < -0.4 is 0 Å². The molecule has 1 heterocycles. The molecule has 0 aromatic carbocycles. The Bertz CT molecular complexity index is 278. The molecule has 0 atom stereocenters. The quantitative estimate of drug-likeness (QED) is 0.498. The highest BCUT2D eigenvalue weighted by Gasteiger charge is 2.15. The van der Waals surface area contributed by atoms with E-state index in [0.717, 1.165) is 11.5 Å². The first-order valence-electron chi connectivity index (χ1n) is 3.92. The average Bonchev–Trinajstić information content (AvgIpc) is 2.14. The van der Waals surface area contributed by atoms with Gasteiger partial charge in [-0.1, -0.05) is 11.2 Å². The van der Waals surface area contributed by atoms with Crippen molar-refractivity contribution in [2.45, 2.75) is 6.42 Å². The van der Waals surface area contributed by atoms with E-state index in [1.54, 1.807) is 0 Å². The highest BCUT2D eigenvalue weighted by molar-refractivity contribution is 6.11. The highest BCUT2D eigenvalue weighted by Crippen LogP contribution is 2.09. The van der Waals surface area contributed by atoms with Crippen LogP contribution >= 0.6 is 0 Å². The van der Waals surface area contributed by atoms with Gasteiger partial charge in [-0.2, -0.15) is 10.3 Å². The SMILES string of the molecule is CON=C(C#N)C1=CCCN(O)C1. The third-order valence-corrected chi connectivity index (χ3v) is 1.72. The van der Waals surface area contributed by atoms with Crippen LogP contribution in [0.25, 0.3) is 0 Å². The van der Waals surface area contributed by atoms with Crippen LogP contribution in [0.2, 0.25) is 0 Å². The predicted octanol–water partition coefficient (Wildman–Crippen LogP) is 0.534. The lowest BCUT2D eigenvalue weighted by Gasteiger charge is -2.19. The van der Waals surface area contributed by atoms with E-state index in [1.165, 1.54) is 7.11 Å². The summed E-state index contributed by atoms with van der Waals surface area (Å²) in [7, 11) is 1.39. The fourth-order valence-electron chi connectivity index (χ4n) is 1.14. The van der Waals surface area contributed by atoms with Crippen LogP contribution in [0.1, 0.15) is 6.42 Å². The van der Waals surface area contributed by atoms with Crippen LogP contribution in [0.3, 0.4) is 0 Å². The van der Waals surface area contributed by atoms with Gasteiger partial charge in [0.1, 0.15) is 13.2 Å². The van der Waals surface area contributed by atoms with Crippen molar-refractivity contribution in [3.8, 4) is 6.07 Å². The Kier molecular flexibility index (Phi) is 3.43. The van der Waals surface area contributed by atoms with Crippen molar-refractivity contribution < 1.29 is 10.0 Å². The number of hydrogen-bond donors (Lipinski definition) is 1. The van der Waals surface area contributed by atoms with Gasteiger partial charge >= 0.3 is 0 Å². The van der Waals surface area contributed by atoms with Gasteiger partial charge in [0.25, 0.3) is 0 Å². The molecular formula is C8H11N3O2. The van der Waals surface area contributed by atoms with Gasteiger partial charge in [0, 0.05) is 12.1 Å². The second kappa shape index (κ2) is 4.60. The van der Waals surface area contributed by atoms with Crippen molar-refractivity contribution in [1.82, 2.24) is 5.06 Å². The molecule has 0 aromatic heterocycles. The van der Waals surface area contributed by atoms with E-state index in [-0.39, 0.29) is 5.71 Å². The van der Waals surface area contributed by atoms with Crippen LogP contribution in [0.5, 0.6) is 0 Å². The smallest absolute Gasteiger partial charge is 0.183 e. The minimum Gasteiger partial charge on any atom is -0.398 e. The van der Waals surface area contributed by atoms with Gasteiger partial charge in [-0.05, 0) is 6.42 Å². The molecule has 5 heteroatoms. The molecule has 0 spiro atoms. The molecule has 1 aliphatic heterocycles. The van der Waals surface area contributed by atoms with E-state index >= 15 is 0 Å². The third kappa shape index (κ3) is 2.54. The molecule has 13 heavy (non-hydrogen) atoms. The standard InChI is InChI=1S/C8H11N3O2/c1-13-10-8(5-9)7-3-2-4-11(12)6-7/h3,12H,2,4,6H2,1H3. The Morgan fingerprint density at radius 1 is 1.85 bits per heavy atom. The Morgan fingerprint density at radius 3 is 3.15 bits per heavy atom. The highest BCUT2D eigenvalue weighted by atomic mass is 16.6. The Balaban J connectivity index is 2.76. The van der Waals surface area contributed by atoms with Crippen molar-refractivity contribution in [3.05, 3.63) is 11.6 Å². The molecule has 70 valence electrons. The Morgan fingerprint density at radius 2 is 2.62 bits per heavy atom. The van der Waals surface area contributed by atoms with Crippen LogP contribution in [-0.2, 0) is 4.84 Å². The van der Waals surface area contributed by atoms with Crippen LogP contribution in [-0.4, -0.2) is 36.2 Å². The molecule has 1 N–H and O–H groups in total. The minimum atomic E-state index is 0.223. The van der Waals surface area contributed by atoms with E-state index < -0.39 is 0 Å². The van der Waals surface area contributed by atoms with E-state index in [9.17, 15) is 5.21 Å². The van der Waals surface area contributed by atoms with Gasteiger partial charge in [0.15, 0.2) is 5.71 Å². The monoisotopic (exact) mass is 181 g/mol. The van der Waals surface area contributed by atoms with Crippen molar-refractivity contribution in [1.29, 1.82) is 5.26 Å². The van der Waals surface area contributed by atoms with Gasteiger partial charge < -0.3 is 10.0 Å². The maximum absolute atomic E-state index is 9.18. The predicted molar refractivity (Wildman–Crippen MR) is 46.1 cm³/mol. The number of rotatable bonds is 2. The molecule has 0 radical (unpaired) electrons. The number of hydrogen-bond acceptors (Lipinski definition) is 5. The second-order valence-electron chi connectivity index (χ2n) is 2.64. The van der Waals surface area contributed by atoms with E-state index in [1.807, 2.05) is 12.1 Å². The van der Waals surface area contributed by atoms with Crippen molar-refractivity contribution >= 4 is 5.71 Å². The summed E-state index contributed by atoms with van der Waals surface area (Å²) in [5, 5.41) is 22.6. The maximum atomic E-state index is 9.18. The largest absolute Gasteiger partial charge is 0.398 e. The van der Waals surface area contributed by atoms with Crippen molar-refractivity contribution in [3.63, 3.8) is 0 Å². The molecule has 0 aliphatic carbocycles. The summed E-state index contributed by atoms with van der Waals surface area (Å²) in [5.41, 5.74) is 0.930. The summed E-state index contributed by atoms with van der Waals surface area (Å²) in [4.78, 5) is 4.51. The molecule has 1 aliphatic rings. The first-order chi connectivity index (χ1) is 6.27. The van der Waals surface area contributed by atoms with Gasteiger partial charge in [0.2, 0.25) is 0 Å². The van der Waals surface area contributed by atoms with Crippen molar-refractivity contribution in [2.24, 2.45) is 5.16 Å². The second-order valence-corrected chi connectivity index (χ2v) is 2.64. The number of nitrogens with zero attached hydrogens (tertiary/aromatic N) is 3. The Hall–Kier alpha value is -1.38. The first-order valence-corrected chi connectivity index (χ1v) is 3.92. The summed E-state index contributed by atoms with van der Waals surface area (Å²) in [6.07, 6.45) is 2.60. The normalized spacial score (nSPS) is 19.2. The zero-order valence-electron chi connectivity index (χ0n) is 7.40. The zero-order valence-corrected chi connectivity index (χ0v) is 7.40. The molecule has 1 rings (SSSR count). The molecule has 0 aromatic rings. The van der Waals surface area contributed by atoms with E-state index in [2.05, 4.69) is 9.99 Å². The summed E-state index contributed by atoms with van der Waals surface area (Å²) >= 11 is 0. The minimum absolute atomic E-state index is 0.223. The molecule has 0 amide bonds. The fraction of sp³-hybridized carbons (Fsp3) is 0.500. The van der Waals surface area contributed by atoms with Crippen LogP contribution in [0.4, 0.5) is 0 Å². The summed E-state index contributed by atoms with van der Waals surface area (Å²) in [5.74, 6) is 0. The third-order valence-electron chi connectivity index (χ3n) is 1.72. The lowest BCUT2D eigenvalue weighted by molar-refractivity contribution is -0.0831. The van der Waals surface area contributed by atoms with Crippen LogP contribution in [0, 0.1) is 11.3 Å². The van der Waals surface area contributed by atoms with Gasteiger partial charge in [-0.25, -0.2) is 0 Å². The zero-order chi connectivity index (χ0) is 9.68. The molecule has 0 saturated heterocycles. The fourth-order valence-corrected chi connectivity index (χ4v) is 1.14. The first kappa shape index (κ1) is 9.71. The molecule has 5 nitrogen and oxygen atoms in total. The number of oxime groups is 1. The molecule has 0 unspecified atom stereocenters. The Labute approximate surface area is 76.5 Å². The van der Waals surface area contributed by atoms with Crippen LogP contribution in [0.15, 0.2) is 16.8 Å². The summed E-state index contributed by atoms with van der Waals surface area (Å²) in [6, 6.07) is 1.91. The number of nitriles is 1. The van der Waals surface area contributed by atoms with Gasteiger partial charge in [-0.15, -0.1) is 0 Å². The van der Waals surface area contributed by atoms with E-state index in [0.29, 0.717) is 18.7 Å². The lowest BCUT2D eigenvalue weighted by Crippen LogP contribution is -2.28. The molecular weight excluding hydrogens is 170 g/mol. The molecule has 0 fully saturated rings. The summed E-state index contributed by atoms with van der Waals surface area (Å²) < 4.78 is 0. The molecule has 0 saturated carbocycles. The van der Waals surface area contributed by atoms with Crippen molar-refractivity contribution in [2.75, 3.05) is 20.2 Å². The van der Waals surface area contributed by atoms with E-state index in [4.69, 9.17) is 5.26 Å². The average molecular weight is 181 g/mol. The van der Waals surface area contributed by atoms with Gasteiger partial charge in [0.05, 0.1) is 6.54 Å². The summed E-state index contributed by atoms with van der Waals surface area (Å²) in [6.45, 7) is 0.922. The van der Waals surface area contributed by atoms with Gasteiger partial charge in [-0.3, -0.25) is 0 Å². The topological polar surface area (TPSA) is 68.8 Å². The maximum Gasteiger partial charge on any atom is 0.183 e. The number of hydroxylamine groups is 2. The lowest BCUT2D eigenvalue weighted by atomic mass is 10.1.